The Balaban J connectivity index is 1.74. The molecule has 0 heterocycles. The number of ether oxygens (including phenoxy) is 1. The highest BCUT2D eigenvalue weighted by atomic mass is 19.1. The number of halogens is 2. The summed E-state index contributed by atoms with van der Waals surface area (Å²) in [5.74, 6) is -3.57. The van der Waals surface area contributed by atoms with Gasteiger partial charge < -0.3 is 15.2 Å². The van der Waals surface area contributed by atoms with Crippen LogP contribution in [-0.2, 0) is 9.53 Å². The van der Waals surface area contributed by atoms with Crippen molar-refractivity contribution in [2.24, 2.45) is 0 Å². The molecule has 0 aliphatic rings. The van der Waals surface area contributed by atoms with Crippen LogP contribution in [0.4, 0.5) is 14.5 Å². The molecule has 27 heavy (non-hydrogen) atoms. The van der Waals surface area contributed by atoms with Gasteiger partial charge in [-0.3, -0.25) is 4.79 Å². The second kappa shape index (κ2) is 7.41. The van der Waals surface area contributed by atoms with E-state index >= 15 is 0 Å². The number of anilines is 1. The minimum atomic E-state index is -1.30. The topological polar surface area (TPSA) is 75.6 Å². The predicted octanol–water partition coefficient (Wildman–Crippen LogP) is 4.01. The van der Waals surface area contributed by atoms with Crippen molar-refractivity contribution >= 4 is 28.3 Å². The standard InChI is InChI=1S/C20H15F2NO4/c1-11(19(25)23-17-10-13(21)7-9-16(17)22)27-20(26)15-8-6-12-4-2-3-5-14(12)18(15)24/h2-11,24H,1H3,(H,23,25)/t11-/m0/s1. The smallest absolute Gasteiger partial charge is 0.342 e. The highest BCUT2D eigenvalue weighted by Crippen LogP contribution is 2.29. The Kier molecular flexibility index (Phi) is 5.03. The molecule has 1 atom stereocenters. The van der Waals surface area contributed by atoms with E-state index < -0.39 is 29.6 Å². The second-order valence-electron chi connectivity index (χ2n) is 5.84. The molecule has 2 N–H and O–H groups in total. The molecular weight excluding hydrogens is 356 g/mol. The van der Waals surface area contributed by atoms with E-state index in [1.54, 1.807) is 30.3 Å². The van der Waals surface area contributed by atoms with Crippen molar-refractivity contribution in [3.05, 3.63) is 71.8 Å². The molecule has 0 saturated carbocycles. The first-order valence-electron chi connectivity index (χ1n) is 8.04. The van der Waals surface area contributed by atoms with Crippen LogP contribution >= 0.6 is 0 Å². The minimum absolute atomic E-state index is 0.106. The fraction of sp³-hybridized carbons (Fsp3) is 0.100. The number of esters is 1. The summed E-state index contributed by atoms with van der Waals surface area (Å²) >= 11 is 0. The number of carbonyl (C=O) groups is 2. The number of carbonyl (C=O) groups excluding carboxylic acids is 2. The highest BCUT2D eigenvalue weighted by Gasteiger charge is 2.22. The van der Waals surface area contributed by atoms with Gasteiger partial charge >= 0.3 is 5.97 Å². The minimum Gasteiger partial charge on any atom is -0.506 e. The maximum Gasteiger partial charge on any atom is 0.342 e. The van der Waals surface area contributed by atoms with Gasteiger partial charge in [-0.05, 0) is 30.5 Å². The summed E-state index contributed by atoms with van der Waals surface area (Å²) in [6.45, 7) is 1.28. The second-order valence-corrected chi connectivity index (χ2v) is 5.84. The number of aromatic hydroxyl groups is 1. The van der Waals surface area contributed by atoms with Gasteiger partial charge in [0.2, 0.25) is 0 Å². The third-order valence-electron chi connectivity index (χ3n) is 3.96. The summed E-state index contributed by atoms with van der Waals surface area (Å²) in [7, 11) is 0. The summed E-state index contributed by atoms with van der Waals surface area (Å²) < 4.78 is 31.8. The number of rotatable bonds is 4. The van der Waals surface area contributed by atoms with Crippen molar-refractivity contribution in [2.45, 2.75) is 13.0 Å². The zero-order valence-electron chi connectivity index (χ0n) is 14.2. The zero-order chi connectivity index (χ0) is 19.6. The number of fused-ring (bicyclic) bond motifs is 1. The molecule has 7 heteroatoms. The molecule has 0 spiro atoms. The molecule has 0 radical (unpaired) electrons. The van der Waals surface area contributed by atoms with Crippen LogP contribution in [0.5, 0.6) is 5.75 Å². The summed E-state index contributed by atoms with van der Waals surface area (Å²) in [4.78, 5) is 24.4. The average molecular weight is 371 g/mol. The number of phenolic OH excluding ortho intramolecular Hbond substituents is 1. The Labute approximate surface area is 153 Å². The van der Waals surface area contributed by atoms with Crippen LogP contribution in [0.2, 0.25) is 0 Å². The van der Waals surface area contributed by atoms with Gasteiger partial charge in [-0.25, -0.2) is 13.6 Å². The lowest BCUT2D eigenvalue weighted by Gasteiger charge is -2.15. The third-order valence-corrected chi connectivity index (χ3v) is 3.96. The first-order chi connectivity index (χ1) is 12.9. The summed E-state index contributed by atoms with van der Waals surface area (Å²) in [6, 6.07) is 12.5. The molecule has 0 aliphatic heterocycles. The number of hydrogen-bond acceptors (Lipinski definition) is 4. The van der Waals surface area contributed by atoms with Gasteiger partial charge in [0.1, 0.15) is 22.9 Å². The molecule has 0 aliphatic carbocycles. The van der Waals surface area contributed by atoms with Gasteiger partial charge in [0, 0.05) is 11.5 Å². The molecule has 1 amide bonds. The van der Waals surface area contributed by atoms with E-state index in [0.29, 0.717) is 5.39 Å². The summed E-state index contributed by atoms with van der Waals surface area (Å²) in [5, 5.41) is 13.6. The number of nitrogens with one attached hydrogen (secondary N) is 1. The van der Waals surface area contributed by atoms with Crippen LogP contribution in [0.15, 0.2) is 54.6 Å². The van der Waals surface area contributed by atoms with Crippen LogP contribution in [0.1, 0.15) is 17.3 Å². The third kappa shape index (κ3) is 3.87. The molecule has 138 valence electrons. The van der Waals surface area contributed by atoms with Crippen LogP contribution in [-0.4, -0.2) is 23.1 Å². The SMILES string of the molecule is C[C@H](OC(=O)c1ccc2ccccc2c1O)C(=O)Nc1cc(F)ccc1F. The summed E-state index contributed by atoms with van der Waals surface area (Å²) in [6.07, 6.45) is -1.30. The van der Waals surface area contributed by atoms with Crippen molar-refractivity contribution in [2.75, 3.05) is 5.32 Å². The predicted molar refractivity (Wildman–Crippen MR) is 95.5 cm³/mol. The number of phenols is 1. The first-order valence-corrected chi connectivity index (χ1v) is 8.04. The van der Waals surface area contributed by atoms with Crippen LogP contribution in [0.25, 0.3) is 10.8 Å². The molecule has 0 unspecified atom stereocenters. The largest absolute Gasteiger partial charge is 0.506 e. The lowest BCUT2D eigenvalue weighted by atomic mass is 10.1. The Hall–Kier alpha value is -3.48. The molecule has 0 saturated heterocycles. The van der Waals surface area contributed by atoms with Crippen molar-refractivity contribution in [1.29, 1.82) is 0 Å². The van der Waals surface area contributed by atoms with Crippen molar-refractivity contribution in [3.63, 3.8) is 0 Å². The van der Waals surface area contributed by atoms with Gasteiger partial charge in [-0.2, -0.15) is 0 Å². The maximum atomic E-state index is 13.6. The van der Waals surface area contributed by atoms with E-state index in [1.807, 2.05) is 0 Å². The van der Waals surface area contributed by atoms with Crippen LogP contribution < -0.4 is 5.32 Å². The quantitative estimate of drug-likeness (QED) is 0.680. The molecule has 0 bridgehead atoms. The van der Waals surface area contributed by atoms with Crippen molar-refractivity contribution in [3.8, 4) is 5.75 Å². The molecule has 5 nitrogen and oxygen atoms in total. The lowest BCUT2D eigenvalue weighted by Crippen LogP contribution is -2.30. The van der Waals surface area contributed by atoms with E-state index in [1.165, 1.54) is 13.0 Å². The average Bonchev–Trinajstić information content (AvgIpc) is 2.65. The highest BCUT2D eigenvalue weighted by molar-refractivity contribution is 6.02. The normalized spacial score (nSPS) is 11.8. The Bertz CT molecular complexity index is 1040. The van der Waals surface area contributed by atoms with Gasteiger partial charge in [0.05, 0.1) is 5.69 Å². The Morgan fingerprint density at radius 2 is 1.81 bits per heavy atom. The monoisotopic (exact) mass is 371 g/mol. The lowest BCUT2D eigenvalue weighted by molar-refractivity contribution is -0.123. The fourth-order valence-corrected chi connectivity index (χ4v) is 2.53. The van der Waals surface area contributed by atoms with Gasteiger partial charge in [0.25, 0.3) is 5.91 Å². The van der Waals surface area contributed by atoms with E-state index in [9.17, 15) is 23.5 Å². The van der Waals surface area contributed by atoms with Gasteiger partial charge in [-0.15, -0.1) is 0 Å². The van der Waals surface area contributed by atoms with Gasteiger partial charge in [0.15, 0.2) is 6.10 Å². The van der Waals surface area contributed by atoms with Gasteiger partial charge in [-0.1, -0.05) is 30.3 Å². The van der Waals surface area contributed by atoms with Crippen LogP contribution in [0, 0.1) is 11.6 Å². The molecule has 0 aromatic heterocycles. The Morgan fingerprint density at radius 1 is 1.07 bits per heavy atom. The molecule has 3 rings (SSSR count). The molecule has 0 fully saturated rings. The molecule has 3 aromatic carbocycles. The fourth-order valence-electron chi connectivity index (χ4n) is 2.53. The van der Waals surface area contributed by atoms with Crippen molar-refractivity contribution < 1.29 is 28.2 Å². The van der Waals surface area contributed by atoms with E-state index in [2.05, 4.69) is 5.32 Å². The maximum absolute atomic E-state index is 13.6. The first kappa shape index (κ1) is 18.3. The van der Waals surface area contributed by atoms with E-state index in [-0.39, 0.29) is 17.0 Å². The molecule has 3 aromatic rings. The number of amides is 1. The van der Waals surface area contributed by atoms with Crippen LogP contribution in [0.3, 0.4) is 0 Å². The molecular formula is C20H15F2NO4. The summed E-state index contributed by atoms with van der Waals surface area (Å²) in [5.41, 5.74) is -0.471. The Morgan fingerprint density at radius 3 is 2.59 bits per heavy atom. The zero-order valence-corrected chi connectivity index (χ0v) is 14.2. The van der Waals surface area contributed by atoms with Crippen molar-refractivity contribution in [1.82, 2.24) is 0 Å². The number of hydrogen-bond donors (Lipinski definition) is 2. The number of benzene rings is 3. The van der Waals surface area contributed by atoms with E-state index in [0.717, 1.165) is 23.6 Å². The van der Waals surface area contributed by atoms with E-state index in [4.69, 9.17) is 4.74 Å².